The first-order valence-corrected chi connectivity index (χ1v) is 8.81. The second-order valence-electron chi connectivity index (χ2n) is 4.38. The Morgan fingerprint density at radius 3 is 2.52 bits per heavy atom. The van der Waals surface area contributed by atoms with Gasteiger partial charge in [-0.15, -0.1) is 0 Å². The van der Waals surface area contributed by atoms with E-state index in [1.165, 1.54) is 6.07 Å². The standard InChI is InChI=1S/C13H11Br2FN2O2S/c1-7-2-3-8(14)4-11(7)18-21(19,20)12-6-9(17)5-10(15)13(12)16/h2-6,18H,17H2,1H3. The minimum absolute atomic E-state index is 0.00570. The third-order valence-corrected chi connectivity index (χ3v) is 5.19. The van der Waals surface area contributed by atoms with Gasteiger partial charge in [0.2, 0.25) is 0 Å². The van der Waals surface area contributed by atoms with Crippen molar-refractivity contribution in [1.82, 2.24) is 0 Å². The summed E-state index contributed by atoms with van der Waals surface area (Å²) in [5, 5.41) is 0. The van der Waals surface area contributed by atoms with Crippen molar-refractivity contribution >= 4 is 53.3 Å². The van der Waals surface area contributed by atoms with E-state index in [4.69, 9.17) is 5.73 Å². The summed E-state index contributed by atoms with van der Waals surface area (Å²) in [7, 11) is -4.08. The number of halogens is 3. The zero-order chi connectivity index (χ0) is 15.8. The summed E-state index contributed by atoms with van der Waals surface area (Å²) in [6.07, 6.45) is 0. The number of nitrogens with two attached hydrogens (primary N) is 1. The predicted octanol–water partition coefficient (Wildman–Crippen LogP) is 4.04. The average molecular weight is 438 g/mol. The summed E-state index contributed by atoms with van der Waals surface area (Å²) in [6.45, 7) is 1.75. The van der Waals surface area contributed by atoms with Gasteiger partial charge in [-0.2, -0.15) is 0 Å². The van der Waals surface area contributed by atoms with Gasteiger partial charge in [-0.25, -0.2) is 12.8 Å². The minimum atomic E-state index is -4.08. The molecular formula is C13H11Br2FN2O2S. The number of hydrogen-bond acceptors (Lipinski definition) is 3. The Kier molecular flexibility index (Phi) is 4.60. The van der Waals surface area contributed by atoms with Crippen LogP contribution in [0.5, 0.6) is 0 Å². The molecule has 0 saturated carbocycles. The molecule has 0 atom stereocenters. The fourth-order valence-corrected chi connectivity index (χ4v) is 3.91. The van der Waals surface area contributed by atoms with Crippen LogP contribution in [0.15, 0.2) is 44.2 Å². The lowest BCUT2D eigenvalue weighted by molar-refractivity contribution is 0.567. The van der Waals surface area contributed by atoms with Crippen LogP contribution >= 0.6 is 31.9 Å². The Bertz CT molecular complexity index is 810. The molecule has 0 spiro atoms. The van der Waals surface area contributed by atoms with Crippen LogP contribution in [0, 0.1) is 12.7 Å². The van der Waals surface area contributed by atoms with E-state index >= 15 is 0 Å². The molecule has 3 N–H and O–H groups in total. The van der Waals surface area contributed by atoms with Gasteiger partial charge in [-0.3, -0.25) is 4.72 Å². The van der Waals surface area contributed by atoms with E-state index in [0.29, 0.717) is 15.7 Å². The maximum Gasteiger partial charge on any atom is 0.264 e. The number of aryl methyl sites for hydroxylation is 1. The fraction of sp³-hybridized carbons (Fsp3) is 0.0769. The maximum atomic E-state index is 14.0. The van der Waals surface area contributed by atoms with Crippen LogP contribution in [-0.2, 0) is 10.0 Å². The second kappa shape index (κ2) is 5.94. The normalized spacial score (nSPS) is 11.4. The molecule has 2 aromatic carbocycles. The molecule has 0 radical (unpaired) electrons. The van der Waals surface area contributed by atoms with Crippen LogP contribution in [-0.4, -0.2) is 8.42 Å². The average Bonchev–Trinajstić information content (AvgIpc) is 2.37. The monoisotopic (exact) mass is 436 g/mol. The third kappa shape index (κ3) is 3.56. The topological polar surface area (TPSA) is 72.2 Å². The van der Waals surface area contributed by atoms with Gasteiger partial charge in [0.25, 0.3) is 10.0 Å². The van der Waals surface area contributed by atoms with Gasteiger partial charge < -0.3 is 5.73 Å². The van der Waals surface area contributed by atoms with Crippen molar-refractivity contribution in [2.24, 2.45) is 0 Å². The summed E-state index contributed by atoms with van der Waals surface area (Å²) in [5.74, 6) is -0.885. The van der Waals surface area contributed by atoms with Crippen molar-refractivity contribution in [2.45, 2.75) is 11.8 Å². The Labute approximate surface area is 138 Å². The van der Waals surface area contributed by atoms with Crippen LogP contribution < -0.4 is 10.5 Å². The number of rotatable bonds is 3. The molecule has 0 heterocycles. The number of sulfonamides is 1. The van der Waals surface area contributed by atoms with Crippen LogP contribution in [0.3, 0.4) is 0 Å². The first-order chi connectivity index (χ1) is 9.70. The van der Waals surface area contributed by atoms with Crippen molar-refractivity contribution in [3.05, 3.63) is 50.7 Å². The lowest BCUT2D eigenvalue weighted by Crippen LogP contribution is -2.16. The van der Waals surface area contributed by atoms with E-state index in [1.54, 1.807) is 25.1 Å². The zero-order valence-corrected chi connectivity index (χ0v) is 14.8. The molecule has 0 fully saturated rings. The number of hydrogen-bond donors (Lipinski definition) is 2. The molecule has 0 aliphatic carbocycles. The summed E-state index contributed by atoms with van der Waals surface area (Å²) in [6, 6.07) is 7.51. The molecule has 0 amide bonds. The lowest BCUT2D eigenvalue weighted by Gasteiger charge is -2.12. The molecular weight excluding hydrogens is 427 g/mol. The molecule has 2 rings (SSSR count). The molecule has 8 heteroatoms. The molecule has 0 aromatic heterocycles. The number of nitrogens with one attached hydrogen (secondary N) is 1. The highest BCUT2D eigenvalue weighted by molar-refractivity contribution is 9.10. The Morgan fingerprint density at radius 1 is 1.19 bits per heavy atom. The van der Waals surface area contributed by atoms with Gasteiger partial charge in [-0.1, -0.05) is 22.0 Å². The van der Waals surface area contributed by atoms with E-state index < -0.39 is 20.7 Å². The third-order valence-electron chi connectivity index (χ3n) is 2.75. The van der Waals surface area contributed by atoms with E-state index in [2.05, 4.69) is 36.6 Å². The summed E-state index contributed by atoms with van der Waals surface area (Å²) < 4.78 is 41.8. The SMILES string of the molecule is Cc1ccc(Br)cc1NS(=O)(=O)c1cc(N)cc(Br)c1F. The van der Waals surface area contributed by atoms with Crippen molar-refractivity contribution in [1.29, 1.82) is 0 Å². The zero-order valence-electron chi connectivity index (χ0n) is 10.8. The quantitative estimate of drug-likeness (QED) is 0.711. The molecule has 0 unspecified atom stereocenters. The summed E-state index contributed by atoms with van der Waals surface area (Å²) in [4.78, 5) is -0.506. The summed E-state index contributed by atoms with van der Waals surface area (Å²) >= 11 is 6.21. The van der Waals surface area contributed by atoms with Crippen molar-refractivity contribution < 1.29 is 12.8 Å². The van der Waals surface area contributed by atoms with E-state index in [1.807, 2.05) is 0 Å². The molecule has 0 saturated heterocycles. The van der Waals surface area contributed by atoms with Gasteiger partial charge in [0.15, 0.2) is 5.82 Å². The molecule has 0 aliphatic rings. The molecule has 0 aliphatic heterocycles. The van der Waals surface area contributed by atoms with Crippen molar-refractivity contribution in [3.63, 3.8) is 0 Å². The van der Waals surface area contributed by atoms with Crippen LogP contribution in [0.4, 0.5) is 15.8 Å². The van der Waals surface area contributed by atoms with Gasteiger partial charge in [0.1, 0.15) is 4.90 Å². The predicted molar refractivity (Wildman–Crippen MR) is 88.2 cm³/mol. The molecule has 4 nitrogen and oxygen atoms in total. The molecule has 0 bridgehead atoms. The highest BCUT2D eigenvalue weighted by Gasteiger charge is 2.22. The van der Waals surface area contributed by atoms with Gasteiger partial charge >= 0.3 is 0 Å². The first kappa shape index (κ1) is 16.3. The van der Waals surface area contributed by atoms with Crippen molar-refractivity contribution in [3.8, 4) is 0 Å². The van der Waals surface area contributed by atoms with Crippen LogP contribution in [0.2, 0.25) is 0 Å². The Balaban J connectivity index is 2.51. The van der Waals surface area contributed by atoms with E-state index in [0.717, 1.165) is 6.07 Å². The summed E-state index contributed by atoms with van der Waals surface area (Å²) in [5.41, 5.74) is 6.80. The van der Waals surface area contributed by atoms with Crippen LogP contribution in [0.25, 0.3) is 0 Å². The van der Waals surface area contributed by atoms with E-state index in [-0.39, 0.29) is 10.2 Å². The first-order valence-electron chi connectivity index (χ1n) is 5.74. The smallest absolute Gasteiger partial charge is 0.264 e. The highest BCUT2D eigenvalue weighted by Crippen LogP contribution is 2.29. The molecule has 112 valence electrons. The van der Waals surface area contributed by atoms with Crippen molar-refractivity contribution in [2.75, 3.05) is 10.5 Å². The highest BCUT2D eigenvalue weighted by atomic mass is 79.9. The van der Waals surface area contributed by atoms with E-state index in [9.17, 15) is 12.8 Å². The largest absolute Gasteiger partial charge is 0.399 e. The van der Waals surface area contributed by atoms with Crippen LogP contribution in [0.1, 0.15) is 5.56 Å². The maximum absolute atomic E-state index is 14.0. The lowest BCUT2D eigenvalue weighted by atomic mass is 10.2. The number of anilines is 2. The Morgan fingerprint density at radius 2 is 1.86 bits per heavy atom. The fourth-order valence-electron chi connectivity index (χ4n) is 1.68. The van der Waals surface area contributed by atoms with Gasteiger partial charge in [-0.05, 0) is 52.7 Å². The second-order valence-corrected chi connectivity index (χ2v) is 7.80. The van der Waals surface area contributed by atoms with Gasteiger partial charge in [0.05, 0.1) is 10.2 Å². The molecule has 2 aromatic rings. The number of nitrogen functional groups attached to an aromatic ring is 1. The Hall–Kier alpha value is -1.12. The molecule has 21 heavy (non-hydrogen) atoms. The number of benzene rings is 2. The minimum Gasteiger partial charge on any atom is -0.399 e. The van der Waals surface area contributed by atoms with Gasteiger partial charge in [0, 0.05) is 10.2 Å².